The Labute approximate surface area is 165 Å². The van der Waals surface area contributed by atoms with Crippen LogP contribution in [0.25, 0.3) is 11.0 Å². The van der Waals surface area contributed by atoms with Gasteiger partial charge in [0.15, 0.2) is 0 Å². The van der Waals surface area contributed by atoms with E-state index in [1.807, 2.05) is 59.2 Å². The third-order valence-electron chi connectivity index (χ3n) is 4.70. The van der Waals surface area contributed by atoms with Crippen molar-refractivity contribution in [2.24, 2.45) is 5.73 Å². The number of ether oxygens (including phenoxy) is 1. The molecule has 1 atom stereocenters. The Bertz CT molecular complexity index is 892. The Morgan fingerprint density at radius 3 is 2.68 bits per heavy atom. The fourth-order valence-corrected chi connectivity index (χ4v) is 3.19. The van der Waals surface area contributed by atoms with E-state index >= 15 is 0 Å². The van der Waals surface area contributed by atoms with Gasteiger partial charge in [-0.15, -0.1) is 0 Å². The fourth-order valence-electron chi connectivity index (χ4n) is 3.19. The molecule has 3 N–H and O–H groups in total. The molecule has 2 aromatic carbocycles. The summed E-state index contributed by atoms with van der Waals surface area (Å²) in [5.74, 6) is 1.43. The van der Waals surface area contributed by atoms with Gasteiger partial charge in [0, 0.05) is 12.6 Å². The predicted molar refractivity (Wildman–Crippen MR) is 111 cm³/mol. The summed E-state index contributed by atoms with van der Waals surface area (Å²) in [6, 6.07) is 17.4. The highest BCUT2D eigenvalue weighted by Gasteiger charge is 2.16. The molecule has 0 aliphatic carbocycles. The predicted octanol–water partition coefficient (Wildman–Crippen LogP) is 3.25. The minimum Gasteiger partial charge on any atom is -0.486 e. The summed E-state index contributed by atoms with van der Waals surface area (Å²) >= 11 is 0. The molecular formula is C22H28N4O2. The summed E-state index contributed by atoms with van der Waals surface area (Å²) in [5.41, 5.74) is 7.58. The summed E-state index contributed by atoms with van der Waals surface area (Å²) < 4.78 is 7.78. The van der Waals surface area contributed by atoms with Gasteiger partial charge in [0.1, 0.15) is 24.7 Å². The monoisotopic (exact) mass is 380 g/mol. The van der Waals surface area contributed by atoms with Crippen LogP contribution in [0.4, 0.5) is 0 Å². The number of imidazole rings is 1. The molecule has 0 aliphatic rings. The van der Waals surface area contributed by atoms with Crippen molar-refractivity contribution in [1.82, 2.24) is 14.9 Å². The second kappa shape index (κ2) is 9.90. The summed E-state index contributed by atoms with van der Waals surface area (Å²) in [4.78, 5) is 17.3. The van der Waals surface area contributed by atoms with Crippen LogP contribution in [0.2, 0.25) is 0 Å². The molecule has 3 aromatic rings. The van der Waals surface area contributed by atoms with Crippen LogP contribution in [0.5, 0.6) is 5.75 Å². The third kappa shape index (κ3) is 5.10. The van der Waals surface area contributed by atoms with Gasteiger partial charge in [-0.25, -0.2) is 4.98 Å². The molecular weight excluding hydrogens is 352 g/mol. The van der Waals surface area contributed by atoms with Gasteiger partial charge in [0.25, 0.3) is 0 Å². The standard InChI is InChI=1S/C22H28N4O2/c1-2-3-9-17(14-23)24-22(27)15-26-20-13-8-7-12-19(20)25-21(26)16-28-18-10-5-4-6-11-18/h4-8,10-13,17H,2-3,9,14-16,23H2,1H3,(H,24,27). The zero-order chi connectivity index (χ0) is 19.8. The second-order valence-electron chi connectivity index (χ2n) is 6.85. The lowest BCUT2D eigenvalue weighted by atomic mass is 10.1. The van der Waals surface area contributed by atoms with Crippen molar-refractivity contribution < 1.29 is 9.53 Å². The number of aromatic nitrogens is 2. The molecule has 6 heteroatoms. The topological polar surface area (TPSA) is 82.2 Å². The number of amides is 1. The Morgan fingerprint density at radius 1 is 1.18 bits per heavy atom. The first kappa shape index (κ1) is 19.9. The lowest BCUT2D eigenvalue weighted by Gasteiger charge is -2.17. The molecule has 1 amide bonds. The number of nitrogens with one attached hydrogen (secondary N) is 1. The van der Waals surface area contributed by atoms with Crippen molar-refractivity contribution in [2.45, 2.75) is 45.4 Å². The van der Waals surface area contributed by atoms with Gasteiger partial charge in [-0.05, 0) is 30.7 Å². The number of nitrogens with zero attached hydrogens (tertiary/aromatic N) is 2. The van der Waals surface area contributed by atoms with E-state index in [2.05, 4.69) is 17.2 Å². The maximum absolute atomic E-state index is 12.7. The Kier molecular flexibility index (Phi) is 7.03. The summed E-state index contributed by atoms with van der Waals surface area (Å²) in [6.07, 6.45) is 3.03. The Morgan fingerprint density at radius 2 is 1.93 bits per heavy atom. The number of carbonyl (C=O) groups is 1. The number of benzene rings is 2. The van der Waals surface area contributed by atoms with E-state index in [0.29, 0.717) is 13.2 Å². The maximum Gasteiger partial charge on any atom is 0.240 e. The highest BCUT2D eigenvalue weighted by Crippen LogP contribution is 2.18. The molecule has 0 saturated carbocycles. The van der Waals surface area contributed by atoms with Gasteiger partial charge in [0.2, 0.25) is 5.91 Å². The highest BCUT2D eigenvalue weighted by molar-refractivity contribution is 5.81. The smallest absolute Gasteiger partial charge is 0.240 e. The fraction of sp³-hybridized carbons (Fsp3) is 0.364. The highest BCUT2D eigenvalue weighted by atomic mass is 16.5. The molecule has 1 unspecified atom stereocenters. The zero-order valence-electron chi connectivity index (χ0n) is 16.3. The lowest BCUT2D eigenvalue weighted by Crippen LogP contribution is -2.41. The van der Waals surface area contributed by atoms with E-state index < -0.39 is 0 Å². The number of rotatable bonds is 10. The maximum atomic E-state index is 12.7. The van der Waals surface area contributed by atoms with Gasteiger partial charge in [-0.2, -0.15) is 0 Å². The molecule has 1 aromatic heterocycles. The second-order valence-corrected chi connectivity index (χ2v) is 6.85. The van der Waals surface area contributed by atoms with Crippen molar-refractivity contribution in [3.8, 4) is 5.75 Å². The Hall–Kier alpha value is -2.86. The molecule has 0 aliphatic heterocycles. The Balaban J connectivity index is 1.75. The first-order chi connectivity index (χ1) is 13.7. The minimum atomic E-state index is -0.0596. The summed E-state index contributed by atoms with van der Waals surface area (Å²) in [6.45, 7) is 3.06. The van der Waals surface area contributed by atoms with Crippen molar-refractivity contribution in [2.75, 3.05) is 6.54 Å². The quantitative estimate of drug-likeness (QED) is 0.566. The van der Waals surface area contributed by atoms with E-state index in [0.717, 1.165) is 41.9 Å². The zero-order valence-corrected chi connectivity index (χ0v) is 16.3. The summed E-state index contributed by atoms with van der Waals surface area (Å²) in [7, 11) is 0. The van der Waals surface area contributed by atoms with Crippen LogP contribution in [-0.4, -0.2) is 28.0 Å². The van der Waals surface area contributed by atoms with Crippen LogP contribution < -0.4 is 15.8 Å². The average Bonchev–Trinajstić information content (AvgIpc) is 3.07. The van der Waals surface area contributed by atoms with Crippen LogP contribution in [0.1, 0.15) is 32.0 Å². The van der Waals surface area contributed by atoms with Crippen molar-refractivity contribution in [3.63, 3.8) is 0 Å². The van der Waals surface area contributed by atoms with E-state index in [1.165, 1.54) is 0 Å². The van der Waals surface area contributed by atoms with Gasteiger partial charge in [0.05, 0.1) is 11.0 Å². The van der Waals surface area contributed by atoms with Crippen molar-refractivity contribution in [1.29, 1.82) is 0 Å². The van der Waals surface area contributed by atoms with E-state index in [4.69, 9.17) is 10.5 Å². The molecule has 3 rings (SSSR count). The van der Waals surface area contributed by atoms with Crippen LogP contribution in [0, 0.1) is 0 Å². The van der Waals surface area contributed by atoms with Crippen LogP contribution in [0.15, 0.2) is 54.6 Å². The lowest BCUT2D eigenvalue weighted by molar-refractivity contribution is -0.122. The minimum absolute atomic E-state index is 0.00579. The van der Waals surface area contributed by atoms with Gasteiger partial charge in [-0.3, -0.25) is 4.79 Å². The summed E-state index contributed by atoms with van der Waals surface area (Å²) in [5, 5.41) is 3.05. The number of fused-ring (bicyclic) bond motifs is 1. The first-order valence-corrected chi connectivity index (χ1v) is 9.82. The van der Waals surface area contributed by atoms with Gasteiger partial charge in [-0.1, -0.05) is 50.1 Å². The molecule has 148 valence electrons. The van der Waals surface area contributed by atoms with Gasteiger partial charge < -0.3 is 20.4 Å². The van der Waals surface area contributed by atoms with Gasteiger partial charge >= 0.3 is 0 Å². The number of para-hydroxylation sites is 3. The van der Waals surface area contributed by atoms with Crippen LogP contribution in [-0.2, 0) is 17.9 Å². The molecule has 28 heavy (non-hydrogen) atoms. The molecule has 0 spiro atoms. The van der Waals surface area contributed by atoms with Crippen LogP contribution in [0.3, 0.4) is 0 Å². The van der Waals surface area contributed by atoms with E-state index in [9.17, 15) is 4.79 Å². The largest absolute Gasteiger partial charge is 0.486 e. The molecule has 0 fully saturated rings. The van der Waals surface area contributed by atoms with Crippen molar-refractivity contribution in [3.05, 3.63) is 60.4 Å². The molecule has 0 saturated heterocycles. The molecule has 6 nitrogen and oxygen atoms in total. The third-order valence-corrected chi connectivity index (χ3v) is 4.70. The van der Waals surface area contributed by atoms with E-state index in [-0.39, 0.29) is 18.5 Å². The molecule has 1 heterocycles. The number of unbranched alkanes of at least 4 members (excludes halogenated alkanes) is 1. The number of nitrogens with two attached hydrogens (primary N) is 1. The number of hydrogen-bond acceptors (Lipinski definition) is 4. The molecule has 0 bridgehead atoms. The van der Waals surface area contributed by atoms with Crippen LogP contribution >= 0.6 is 0 Å². The SMILES string of the molecule is CCCCC(CN)NC(=O)Cn1c(COc2ccccc2)nc2ccccc21. The molecule has 0 radical (unpaired) electrons. The average molecular weight is 380 g/mol. The first-order valence-electron chi connectivity index (χ1n) is 9.82. The van der Waals surface area contributed by atoms with Crippen molar-refractivity contribution >= 4 is 16.9 Å². The van der Waals surface area contributed by atoms with E-state index in [1.54, 1.807) is 0 Å². The number of hydrogen-bond donors (Lipinski definition) is 2. The normalized spacial score (nSPS) is 12.1. The number of carbonyl (C=O) groups excluding carboxylic acids is 1.